The van der Waals surface area contributed by atoms with Gasteiger partial charge in [-0.25, -0.2) is 0 Å². The van der Waals surface area contributed by atoms with Crippen molar-refractivity contribution in [3.8, 4) is 0 Å². The van der Waals surface area contributed by atoms with E-state index in [1.807, 2.05) is 0 Å². The van der Waals surface area contributed by atoms with Crippen LogP contribution in [0.15, 0.2) is 23.8 Å². The topological polar surface area (TPSA) is 55.8 Å². The molecule has 220 valence electrons. The van der Waals surface area contributed by atoms with E-state index in [1.165, 1.54) is 49.1 Å². The molecule has 0 aromatic heterocycles. The standard InChI is InChI=1S/C32H60O4Si2/c1-9-25(8)30(35-37(10-2,11-3)12-4)21-20-28-29-23-26(18-16-17-19-32(33)34)22-27(29)24-31(28)36-38(13-5,14-6)15-7/h18,20-21,25,27-31H,9-17,19,22-24H2,1-8H3,(H,33,34)/b21-20+,26-18+/t25?,27-,28+,29-,30+,31+/m0/s1. The first-order valence-corrected chi connectivity index (χ1v) is 21.1. The highest BCUT2D eigenvalue weighted by molar-refractivity contribution is 6.74. The van der Waals surface area contributed by atoms with Crippen LogP contribution in [0.5, 0.6) is 0 Å². The largest absolute Gasteiger partial charge is 0.481 e. The summed E-state index contributed by atoms with van der Waals surface area (Å²) in [5.74, 6) is 1.62. The zero-order valence-corrected chi connectivity index (χ0v) is 28.1. The van der Waals surface area contributed by atoms with Crippen LogP contribution in [0.4, 0.5) is 0 Å². The Morgan fingerprint density at radius 3 is 2.11 bits per heavy atom. The number of hydrogen-bond acceptors (Lipinski definition) is 3. The van der Waals surface area contributed by atoms with Gasteiger partial charge in [0.1, 0.15) is 0 Å². The van der Waals surface area contributed by atoms with Crippen molar-refractivity contribution in [3.63, 3.8) is 0 Å². The zero-order chi connectivity index (χ0) is 28.3. The van der Waals surface area contributed by atoms with E-state index >= 15 is 0 Å². The van der Waals surface area contributed by atoms with Crippen molar-refractivity contribution in [2.45, 2.75) is 149 Å². The molecule has 38 heavy (non-hydrogen) atoms. The van der Waals surface area contributed by atoms with Crippen molar-refractivity contribution in [2.75, 3.05) is 0 Å². The van der Waals surface area contributed by atoms with Crippen LogP contribution in [0.2, 0.25) is 36.3 Å². The van der Waals surface area contributed by atoms with Crippen LogP contribution >= 0.6 is 0 Å². The van der Waals surface area contributed by atoms with Gasteiger partial charge in [0.25, 0.3) is 0 Å². The number of carboxylic acid groups (broad SMARTS) is 1. The molecule has 0 radical (unpaired) electrons. The van der Waals surface area contributed by atoms with Gasteiger partial charge < -0.3 is 14.0 Å². The Labute approximate surface area is 237 Å². The Morgan fingerprint density at radius 1 is 0.974 bits per heavy atom. The summed E-state index contributed by atoms with van der Waals surface area (Å²) in [4.78, 5) is 10.9. The van der Waals surface area contributed by atoms with Gasteiger partial charge in [-0.2, -0.15) is 0 Å². The fraction of sp³-hybridized carbons (Fsp3) is 0.844. The molecular formula is C32H60O4Si2. The molecule has 0 bridgehead atoms. The molecule has 6 heteroatoms. The van der Waals surface area contributed by atoms with Crippen LogP contribution in [-0.2, 0) is 13.6 Å². The van der Waals surface area contributed by atoms with Crippen LogP contribution in [0.25, 0.3) is 0 Å². The van der Waals surface area contributed by atoms with E-state index in [4.69, 9.17) is 14.0 Å². The highest BCUT2D eigenvalue weighted by Gasteiger charge is 2.48. The number of fused-ring (bicyclic) bond motifs is 1. The summed E-state index contributed by atoms with van der Waals surface area (Å²) in [5.41, 5.74) is 1.55. The van der Waals surface area contributed by atoms with Gasteiger partial charge in [-0.05, 0) is 86.1 Å². The maximum atomic E-state index is 10.9. The Hall–Kier alpha value is -0.696. The molecule has 2 aliphatic rings. The van der Waals surface area contributed by atoms with Crippen LogP contribution in [0.1, 0.15) is 100 Å². The van der Waals surface area contributed by atoms with Crippen molar-refractivity contribution in [2.24, 2.45) is 23.7 Å². The predicted octanol–water partition coefficient (Wildman–Crippen LogP) is 9.60. The summed E-state index contributed by atoms with van der Waals surface area (Å²) >= 11 is 0. The first kappa shape index (κ1) is 33.5. The van der Waals surface area contributed by atoms with E-state index < -0.39 is 22.6 Å². The van der Waals surface area contributed by atoms with Gasteiger partial charge in [0.15, 0.2) is 16.6 Å². The highest BCUT2D eigenvalue weighted by atomic mass is 28.4. The van der Waals surface area contributed by atoms with Crippen molar-refractivity contribution in [1.82, 2.24) is 0 Å². The number of carbonyl (C=O) groups is 1. The number of allylic oxidation sites excluding steroid dienone is 2. The lowest BCUT2D eigenvalue weighted by atomic mass is 9.89. The average molecular weight is 565 g/mol. The van der Waals surface area contributed by atoms with Gasteiger partial charge in [-0.3, -0.25) is 4.79 Å². The highest BCUT2D eigenvalue weighted by Crippen LogP contribution is 2.52. The van der Waals surface area contributed by atoms with Crippen LogP contribution in [0.3, 0.4) is 0 Å². The molecule has 2 saturated carbocycles. The number of unbranched alkanes of at least 4 members (excludes halogenated alkanes) is 1. The molecule has 1 unspecified atom stereocenters. The van der Waals surface area contributed by atoms with Crippen LogP contribution in [0, 0.1) is 23.7 Å². The van der Waals surface area contributed by atoms with E-state index in [2.05, 4.69) is 73.6 Å². The molecule has 4 nitrogen and oxygen atoms in total. The van der Waals surface area contributed by atoms with E-state index in [0.29, 0.717) is 29.8 Å². The van der Waals surface area contributed by atoms with E-state index in [1.54, 1.807) is 5.57 Å². The monoisotopic (exact) mass is 564 g/mol. The second-order valence-electron chi connectivity index (χ2n) is 12.3. The van der Waals surface area contributed by atoms with Gasteiger partial charge >= 0.3 is 5.97 Å². The van der Waals surface area contributed by atoms with Gasteiger partial charge in [0.05, 0.1) is 12.2 Å². The Balaban J connectivity index is 2.30. The number of carboxylic acids is 1. The van der Waals surface area contributed by atoms with Gasteiger partial charge in [0.2, 0.25) is 0 Å². The third kappa shape index (κ3) is 8.65. The first-order valence-electron chi connectivity index (χ1n) is 16.1. The van der Waals surface area contributed by atoms with E-state index in [9.17, 15) is 4.79 Å². The fourth-order valence-electron chi connectivity index (χ4n) is 7.03. The number of rotatable bonds is 18. The number of hydrogen-bond donors (Lipinski definition) is 1. The van der Waals surface area contributed by atoms with Crippen molar-refractivity contribution in [1.29, 1.82) is 0 Å². The summed E-state index contributed by atoms with van der Waals surface area (Å²) < 4.78 is 14.3. The lowest BCUT2D eigenvalue weighted by molar-refractivity contribution is -0.137. The Morgan fingerprint density at radius 2 is 1.58 bits per heavy atom. The molecule has 0 spiro atoms. The van der Waals surface area contributed by atoms with Gasteiger partial charge in [-0.1, -0.05) is 85.6 Å². The second-order valence-corrected chi connectivity index (χ2v) is 21.7. The molecule has 2 aliphatic carbocycles. The molecule has 0 aromatic rings. The molecule has 6 atom stereocenters. The molecular weight excluding hydrogens is 505 g/mol. The SMILES string of the molecule is CCC(C)[C@@H](/C=C/[C@@H]1[C@H]2C/C(=C/CCCC(=O)O)C[C@H]2C[C@H]1O[Si](CC)(CC)CC)O[Si](CC)(CC)CC. The first-order chi connectivity index (χ1) is 18.2. The Bertz CT molecular complexity index is 755. The Kier molecular flexibility index (Phi) is 14.0. The van der Waals surface area contributed by atoms with Crippen molar-refractivity contribution < 1.29 is 18.8 Å². The molecule has 0 heterocycles. The molecule has 0 saturated heterocycles. The van der Waals surface area contributed by atoms with Crippen molar-refractivity contribution >= 4 is 22.6 Å². The second kappa shape index (κ2) is 15.9. The third-order valence-corrected chi connectivity index (χ3v) is 19.8. The fourth-order valence-corrected chi connectivity index (χ4v) is 12.8. The summed E-state index contributed by atoms with van der Waals surface area (Å²) in [7, 11) is -3.39. The summed E-state index contributed by atoms with van der Waals surface area (Å²) in [6.45, 7) is 18.7. The summed E-state index contributed by atoms with van der Waals surface area (Å²) in [6.07, 6.45) is 14.4. The normalized spacial score (nSPS) is 26.8. The zero-order valence-electron chi connectivity index (χ0n) is 26.1. The maximum Gasteiger partial charge on any atom is 0.303 e. The minimum absolute atomic E-state index is 0.198. The molecule has 0 amide bonds. The van der Waals surface area contributed by atoms with E-state index in [0.717, 1.165) is 25.7 Å². The van der Waals surface area contributed by atoms with Crippen LogP contribution < -0.4 is 0 Å². The number of aliphatic carboxylic acids is 1. The smallest absolute Gasteiger partial charge is 0.303 e. The van der Waals surface area contributed by atoms with Gasteiger partial charge in [0, 0.05) is 12.3 Å². The molecule has 2 rings (SSSR count). The molecule has 0 aromatic carbocycles. The lowest BCUT2D eigenvalue weighted by Crippen LogP contribution is -2.42. The quantitative estimate of drug-likeness (QED) is 0.102. The molecule has 0 aliphatic heterocycles. The predicted molar refractivity (Wildman–Crippen MR) is 167 cm³/mol. The minimum atomic E-state index is -1.70. The molecule has 2 fully saturated rings. The summed E-state index contributed by atoms with van der Waals surface area (Å²) in [5, 5.41) is 8.99. The maximum absolute atomic E-state index is 10.9. The third-order valence-electron chi connectivity index (χ3n) is 10.5. The van der Waals surface area contributed by atoms with Crippen LogP contribution in [-0.4, -0.2) is 39.9 Å². The van der Waals surface area contributed by atoms with Crippen molar-refractivity contribution in [3.05, 3.63) is 23.8 Å². The van der Waals surface area contributed by atoms with E-state index in [-0.39, 0.29) is 12.5 Å². The molecule has 1 N–H and O–H groups in total. The van der Waals surface area contributed by atoms with Gasteiger partial charge in [-0.15, -0.1) is 0 Å². The average Bonchev–Trinajstić information content (AvgIpc) is 3.46. The minimum Gasteiger partial charge on any atom is -0.481 e. The lowest BCUT2D eigenvalue weighted by Gasteiger charge is -2.36. The summed E-state index contributed by atoms with van der Waals surface area (Å²) in [6, 6.07) is 7.17.